The Morgan fingerprint density at radius 1 is 1.10 bits per heavy atom. The van der Waals surface area contributed by atoms with Gasteiger partial charge in [0.05, 0.1) is 13.2 Å². The normalized spacial score (nSPS) is 37.8. The number of hydrogen-bond acceptors (Lipinski definition) is 10. The zero-order chi connectivity index (χ0) is 16.2. The van der Waals surface area contributed by atoms with Crippen LogP contribution in [0.1, 0.15) is 0 Å². The molecule has 0 aliphatic carbocycles. The van der Waals surface area contributed by atoms with Gasteiger partial charge in [-0.3, -0.25) is 0 Å². The first-order valence-electron chi connectivity index (χ1n) is 6.25. The van der Waals surface area contributed by atoms with Gasteiger partial charge in [0.25, 0.3) is 0 Å². The minimum absolute atomic E-state index is 0.0492. The molecule has 1 aliphatic rings. The predicted octanol–water partition coefficient (Wildman–Crippen LogP) is -4.92. The number of rotatable bonds is 7. The molecule has 0 saturated carbocycles. The van der Waals surface area contributed by atoms with E-state index in [2.05, 4.69) is 0 Å². The molecule has 0 amide bonds. The SMILES string of the molecule is O=C[C@@H](O)[C@H](O[C@H]1O[C@H](CO)[C@@H](O)[C@H](O)[C@H]1O)[C@H](O)CO. The molecule has 10 heteroatoms. The van der Waals surface area contributed by atoms with E-state index in [4.69, 9.17) is 19.7 Å². The van der Waals surface area contributed by atoms with E-state index in [0.29, 0.717) is 0 Å². The number of aldehydes is 1. The van der Waals surface area contributed by atoms with E-state index in [1.807, 2.05) is 0 Å². The molecule has 0 radical (unpaired) electrons. The van der Waals surface area contributed by atoms with E-state index in [0.717, 1.165) is 0 Å². The summed E-state index contributed by atoms with van der Waals surface area (Å²) in [5.74, 6) is 0. The molecule has 1 rings (SSSR count). The van der Waals surface area contributed by atoms with Crippen molar-refractivity contribution in [2.45, 2.75) is 49.0 Å². The van der Waals surface area contributed by atoms with Crippen molar-refractivity contribution >= 4 is 6.29 Å². The maximum Gasteiger partial charge on any atom is 0.187 e. The summed E-state index contributed by atoms with van der Waals surface area (Å²) in [6, 6.07) is 0. The molecular formula is C11H20O10. The molecule has 8 atom stereocenters. The van der Waals surface area contributed by atoms with Crippen molar-refractivity contribution in [1.82, 2.24) is 0 Å². The van der Waals surface area contributed by atoms with Gasteiger partial charge in [0, 0.05) is 0 Å². The van der Waals surface area contributed by atoms with E-state index in [1.54, 1.807) is 0 Å². The standard InChI is InChI=1S/C11H20O10/c12-1-4(15)10(5(16)2-13)21-11-9(19)8(18)7(17)6(3-14)20-11/h1,4-11,13-19H,2-3H2/t4-,5-,6-,7-,8+,9-,10+,11-/m1/s1. The van der Waals surface area contributed by atoms with Gasteiger partial charge in [0.15, 0.2) is 12.6 Å². The average Bonchev–Trinajstić information content (AvgIpc) is 2.50. The summed E-state index contributed by atoms with van der Waals surface area (Å²) in [5, 5.41) is 65.6. The molecule has 124 valence electrons. The third-order valence-corrected chi connectivity index (χ3v) is 3.18. The van der Waals surface area contributed by atoms with Crippen molar-refractivity contribution in [2.75, 3.05) is 13.2 Å². The molecule has 1 fully saturated rings. The smallest absolute Gasteiger partial charge is 0.187 e. The Balaban J connectivity index is 2.83. The molecule has 7 N–H and O–H groups in total. The van der Waals surface area contributed by atoms with Gasteiger partial charge in [-0.2, -0.15) is 0 Å². The van der Waals surface area contributed by atoms with Gasteiger partial charge < -0.3 is 50.0 Å². The first-order chi connectivity index (χ1) is 9.87. The van der Waals surface area contributed by atoms with Crippen molar-refractivity contribution in [3.05, 3.63) is 0 Å². The van der Waals surface area contributed by atoms with Gasteiger partial charge in [-0.1, -0.05) is 0 Å². The fourth-order valence-electron chi connectivity index (χ4n) is 1.91. The second-order valence-corrected chi connectivity index (χ2v) is 4.67. The Morgan fingerprint density at radius 3 is 2.19 bits per heavy atom. The molecule has 0 spiro atoms. The van der Waals surface area contributed by atoms with Crippen LogP contribution in [0.25, 0.3) is 0 Å². The molecule has 0 aromatic carbocycles. The summed E-state index contributed by atoms with van der Waals surface area (Å²) in [6.45, 7) is -1.53. The van der Waals surface area contributed by atoms with Crippen LogP contribution in [0.5, 0.6) is 0 Å². The van der Waals surface area contributed by atoms with Crippen LogP contribution in [0, 0.1) is 0 Å². The molecule has 0 aromatic heterocycles. The zero-order valence-corrected chi connectivity index (χ0v) is 11.0. The lowest BCUT2D eigenvalue weighted by atomic mass is 9.99. The lowest BCUT2D eigenvalue weighted by Gasteiger charge is -2.41. The first-order valence-corrected chi connectivity index (χ1v) is 6.25. The van der Waals surface area contributed by atoms with Crippen LogP contribution >= 0.6 is 0 Å². The number of hydrogen-bond donors (Lipinski definition) is 7. The maximum absolute atomic E-state index is 10.6. The van der Waals surface area contributed by atoms with Gasteiger partial charge >= 0.3 is 0 Å². The van der Waals surface area contributed by atoms with E-state index in [9.17, 15) is 30.3 Å². The highest BCUT2D eigenvalue weighted by molar-refractivity contribution is 5.56. The number of aliphatic hydroxyl groups excluding tert-OH is 7. The maximum atomic E-state index is 10.6. The third-order valence-electron chi connectivity index (χ3n) is 3.18. The van der Waals surface area contributed by atoms with Crippen LogP contribution in [0.3, 0.4) is 0 Å². The van der Waals surface area contributed by atoms with Crippen LogP contribution in [0.4, 0.5) is 0 Å². The molecule has 1 saturated heterocycles. The van der Waals surface area contributed by atoms with Crippen molar-refractivity contribution in [1.29, 1.82) is 0 Å². The van der Waals surface area contributed by atoms with Crippen molar-refractivity contribution in [2.24, 2.45) is 0 Å². The first kappa shape index (κ1) is 18.4. The van der Waals surface area contributed by atoms with Crippen LogP contribution in [0.2, 0.25) is 0 Å². The lowest BCUT2D eigenvalue weighted by molar-refractivity contribution is -0.322. The van der Waals surface area contributed by atoms with Gasteiger partial charge in [0.2, 0.25) is 0 Å². The summed E-state index contributed by atoms with van der Waals surface area (Å²) in [5.41, 5.74) is 0. The molecule has 0 bridgehead atoms. The molecule has 21 heavy (non-hydrogen) atoms. The topological polar surface area (TPSA) is 177 Å². The second-order valence-electron chi connectivity index (χ2n) is 4.67. The zero-order valence-electron chi connectivity index (χ0n) is 11.0. The van der Waals surface area contributed by atoms with Crippen LogP contribution < -0.4 is 0 Å². The molecule has 10 nitrogen and oxygen atoms in total. The highest BCUT2D eigenvalue weighted by atomic mass is 16.7. The highest BCUT2D eigenvalue weighted by Gasteiger charge is 2.46. The third kappa shape index (κ3) is 4.16. The Kier molecular flexibility index (Phi) is 7.06. The van der Waals surface area contributed by atoms with Crippen LogP contribution in [-0.4, -0.2) is 104 Å². The Hall–Kier alpha value is -0.690. The Bertz CT molecular complexity index is 324. The van der Waals surface area contributed by atoms with Crippen molar-refractivity contribution in [3.8, 4) is 0 Å². The van der Waals surface area contributed by atoms with Gasteiger partial charge in [-0.25, -0.2) is 0 Å². The number of ether oxygens (including phenoxy) is 2. The van der Waals surface area contributed by atoms with E-state index < -0.39 is 62.2 Å². The summed E-state index contributed by atoms with van der Waals surface area (Å²) < 4.78 is 10.0. The van der Waals surface area contributed by atoms with Gasteiger partial charge in [-0.05, 0) is 0 Å². The predicted molar refractivity (Wildman–Crippen MR) is 63.8 cm³/mol. The van der Waals surface area contributed by atoms with E-state index >= 15 is 0 Å². The fourth-order valence-corrected chi connectivity index (χ4v) is 1.91. The van der Waals surface area contributed by atoms with E-state index in [-0.39, 0.29) is 6.29 Å². The highest BCUT2D eigenvalue weighted by Crippen LogP contribution is 2.24. The van der Waals surface area contributed by atoms with Gasteiger partial charge in [-0.15, -0.1) is 0 Å². The fraction of sp³-hybridized carbons (Fsp3) is 0.909. The second kappa shape index (κ2) is 8.08. The molecule has 0 aromatic rings. The molecule has 1 aliphatic heterocycles. The largest absolute Gasteiger partial charge is 0.394 e. The summed E-state index contributed by atoms with van der Waals surface area (Å²) in [4.78, 5) is 10.6. The van der Waals surface area contributed by atoms with Crippen molar-refractivity contribution in [3.63, 3.8) is 0 Å². The van der Waals surface area contributed by atoms with Crippen LogP contribution in [-0.2, 0) is 14.3 Å². The van der Waals surface area contributed by atoms with E-state index in [1.165, 1.54) is 0 Å². The quantitative estimate of drug-likeness (QED) is 0.225. The lowest BCUT2D eigenvalue weighted by Crippen LogP contribution is -2.61. The summed E-state index contributed by atoms with van der Waals surface area (Å²) >= 11 is 0. The van der Waals surface area contributed by atoms with Gasteiger partial charge in [0.1, 0.15) is 42.7 Å². The summed E-state index contributed by atoms with van der Waals surface area (Å²) in [7, 11) is 0. The van der Waals surface area contributed by atoms with Crippen molar-refractivity contribution < 1.29 is 50.0 Å². The minimum atomic E-state index is -1.82. The molecule has 1 heterocycles. The number of aliphatic hydroxyl groups is 7. The Labute approximate surface area is 119 Å². The monoisotopic (exact) mass is 312 g/mol. The number of carbonyl (C=O) groups is 1. The van der Waals surface area contributed by atoms with Crippen LogP contribution in [0.15, 0.2) is 0 Å². The average molecular weight is 312 g/mol. The number of carbonyl (C=O) groups excluding carboxylic acids is 1. The Morgan fingerprint density at radius 2 is 1.71 bits per heavy atom. The summed E-state index contributed by atoms with van der Waals surface area (Å²) in [6.07, 6.45) is -13.0. The minimum Gasteiger partial charge on any atom is -0.394 e. The molecular weight excluding hydrogens is 292 g/mol. The molecule has 0 unspecified atom stereocenters.